The number of ether oxygens (including phenoxy) is 5. The van der Waals surface area contributed by atoms with Gasteiger partial charge >= 0.3 is 23.9 Å². The number of carbonyl (C=O) groups excluding carboxylic acids is 3. The third-order valence-electron chi connectivity index (χ3n) is 13.2. The summed E-state index contributed by atoms with van der Waals surface area (Å²) in [5.41, 5.74) is 0. The summed E-state index contributed by atoms with van der Waals surface area (Å²) < 4.78 is 28.3. The molecule has 6 unspecified atom stereocenters. The van der Waals surface area contributed by atoms with Crippen molar-refractivity contribution in [1.82, 2.24) is 0 Å². The van der Waals surface area contributed by atoms with Gasteiger partial charge in [0.2, 0.25) is 0 Å². The Bertz CT molecular complexity index is 1380. The lowest BCUT2D eigenvalue weighted by Gasteiger charge is -2.40. The maximum Gasteiger partial charge on any atom is 0.335 e. The van der Waals surface area contributed by atoms with Crippen LogP contribution in [0.1, 0.15) is 265 Å². The molecule has 1 saturated heterocycles. The van der Waals surface area contributed by atoms with Crippen molar-refractivity contribution in [1.29, 1.82) is 0 Å². The minimum atomic E-state index is -1.90. The van der Waals surface area contributed by atoms with Crippen LogP contribution in [0, 0.1) is 0 Å². The van der Waals surface area contributed by atoms with Crippen LogP contribution in [0.4, 0.5) is 0 Å². The predicted octanol–water partition coefficient (Wildman–Crippen LogP) is 14.5. The number of carboxylic acids is 1. The summed E-state index contributed by atoms with van der Waals surface area (Å²) in [4.78, 5) is 50.9. The second kappa shape index (κ2) is 47.9. The second-order valence-electron chi connectivity index (χ2n) is 19.9. The quantitative estimate of drug-likeness (QED) is 0.0228. The Morgan fingerprint density at radius 2 is 0.873 bits per heavy atom. The summed E-state index contributed by atoms with van der Waals surface area (Å²) in [5.74, 6) is -3.12. The van der Waals surface area contributed by atoms with Crippen molar-refractivity contribution in [3.8, 4) is 0 Å². The molecule has 6 atom stereocenters. The van der Waals surface area contributed by atoms with Gasteiger partial charge in [0.1, 0.15) is 18.8 Å². The topological polar surface area (TPSA) is 175 Å². The van der Waals surface area contributed by atoms with Gasteiger partial charge in [0.05, 0.1) is 6.61 Å². The number of aliphatic hydroxyl groups excluding tert-OH is 2. The molecule has 1 aliphatic rings. The largest absolute Gasteiger partial charge is 0.479 e. The van der Waals surface area contributed by atoms with E-state index in [0.29, 0.717) is 19.3 Å². The molecule has 0 saturated carbocycles. The molecule has 1 heterocycles. The molecule has 1 rings (SSSR count). The summed E-state index contributed by atoms with van der Waals surface area (Å²) in [7, 11) is 0. The zero-order valence-corrected chi connectivity index (χ0v) is 45.2. The fraction of sp³-hybridized carbons (Fsp3) is 0.831. The first-order chi connectivity index (χ1) is 34.6. The number of carbonyl (C=O) groups is 4. The van der Waals surface area contributed by atoms with Gasteiger partial charge in [0, 0.05) is 19.3 Å². The Hall–Kier alpha value is -3.06. The van der Waals surface area contributed by atoms with E-state index < -0.39 is 67.3 Å². The Morgan fingerprint density at radius 3 is 1.34 bits per heavy atom. The molecule has 3 N–H and O–H groups in total. The van der Waals surface area contributed by atoms with Crippen LogP contribution in [0.15, 0.2) is 36.5 Å². The number of rotatable bonds is 49. The van der Waals surface area contributed by atoms with Gasteiger partial charge < -0.3 is 39.0 Å². The lowest BCUT2D eigenvalue weighted by Crippen LogP contribution is -2.61. The standard InChI is InChI=1S/C59H104O12/c1-4-7-10-13-16-19-21-23-24-25-26-27-28-30-31-34-36-39-42-45-51(60)67-48-50(69-52(61)46-43-40-38-35-32-29-22-20-17-14-11-8-5-2)49-68-59-57(55(64)54(63)56(71-59)58(65)66)70-53(62)47-44-41-37-33-18-15-12-9-6-3/h11,14,20,22-24,50,54-57,59,63-64H,4-10,12-13,15-19,21,25-49H2,1-3H3,(H,65,66)/b14-11-,22-20-,24-23-. The van der Waals surface area contributed by atoms with Crippen LogP contribution in [0.2, 0.25) is 0 Å². The van der Waals surface area contributed by atoms with E-state index in [4.69, 9.17) is 23.7 Å². The first kappa shape index (κ1) is 66.0. The first-order valence-corrected chi connectivity index (χ1v) is 29.0. The Labute approximate surface area is 431 Å². The van der Waals surface area contributed by atoms with Gasteiger partial charge in [-0.25, -0.2) is 4.79 Å². The highest BCUT2D eigenvalue weighted by Gasteiger charge is 2.50. The van der Waals surface area contributed by atoms with E-state index in [1.165, 1.54) is 109 Å². The highest BCUT2D eigenvalue weighted by molar-refractivity contribution is 5.74. The number of aliphatic carboxylic acids is 1. The van der Waals surface area contributed by atoms with Gasteiger partial charge in [0.15, 0.2) is 24.6 Å². The lowest BCUT2D eigenvalue weighted by atomic mass is 9.98. The maximum atomic E-state index is 13.1. The molecule has 0 aromatic rings. The molecule has 12 nitrogen and oxygen atoms in total. The second-order valence-corrected chi connectivity index (χ2v) is 19.9. The molecule has 0 radical (unpaired) electrons. The normalized spacial score (nSPS) is 18.7. The third kappa shape index (κ3) is 38.2. The summed E-state index contributed by atoms with van der Waals surface area (Å²) >= 11 is 0. The van der Waals surface area contributed by atoms with Crippen LogP contribution in [-0.4, -0.2) is 89.2 Å². The molecular formula is C59H104O12. The summed E-state index contributed by atoms with van der Waals surface area (Å²) in [6.07, 6.45) is 42.8. The molecule has 412 valence electrons. The highest BCUT2D eigenvalue weighted by atomic mass is 16.7. The number of hydrogen-bond acceptors (Lipinski definition) is 11. The molecule has 0 spiro atoms. The first-order valence-electron chi connectivity index (χ1n) is 29.0. The number of esters is 3. The van der Waals surface area contributed by atoms with Crippen molar-refractivity contribution < 1.29 is 58.2 Å². The van der Waals surface area contributed by atoms with Gasteiger partial charge in [-0.2, -0.15) is 0 Å². The average molecular weight is 1010 g/mol. The molecule has 0 aromatic heterocycles. The van der Waals surface area contributed by atoms with Gasteiger partial charge in [-0.15, -0.1) is 0 Å². The smallest absolute Gasteiger partial charge is 0.335 e. The molecule has 0 aromatic carbocycles. The van der Waals surface area contributed by atoms with Crippen LogP contribution < -0.4 is 0 Å². The fourth-order valence-corrected chi connectivity index (χ4v) is 8.69. The van der Waals surface area contributed by atoms with Crippen molar-refractivity contribution in [2.75, 3.05) is 13.2 Å². The summed E-state index contributed by atoms with van der Waals surface area (Å²) in [6, 6.07) is 0. The van der Waals surface area contributed by atoms with E-state index in [2.05, 4.69) is 57.2 Å². The van der Waals surface area contributed by atoms with E-state index in [9.17, 15) is 34.5 Å². The number of aliphatic hydroxyl groups is 2. The molecule has 0 amide bonds. The number of carboxylic acid groups (broad SMARTS) is 1. The van der Waals surface area contributed by atoms with Crippen molar-refractivity contribution >= 4 is 23.9 Å². The molecule has 12 heteroatoms. The molecule has 0 aliphatic carbocycles. The number of hydrogen-bond donors (Lipinski definition) is 3. The minimum Gasteiger partial charge on any atom is -0.479 e. The van der Waals surface area contributed by atoms with Crippen LogP contribution >= 0.6 is 0 Å². The van der Waals surface area contributed by atoms with Crippen LogP contribution in [0.5, 0.6) is 0 Å². The van der Waals surface area contributed by atoms with Gasteiger partial charge in [-0.05, 0) is 70.6 Å². The van der Waals surface area contributed by atoms with Crippen molar-refractivity contribution in [3.05, 3.63) is 36.5 Å². The minimum absolute atomic E-state index is 0.0617. The third-order valence-corrected chi connectivity index (χ3v) is 13.2. The van der Waals surface area contributed by atoms with E-state index in [-0.39, 0.29) is 25.9 Å². The van der Waals surface area contributed by atoms with Gasteiger partial charge in [-0.1, -0.05) is 211 Å². The number of unbranched alkanes of at least 4 members (excludes halogenated alkanes) is 29. The van der Waals surface area contributed by atoms with Crippen molar-refractivity contribution in [2.45, 2.75) is 302 Å². The maximum absolute atomic E-state index is 13.1. The van der Waals surface area contributed by atoms with E-state index >= 15 is 0 Å². The molecule has 1 aliphatic heterocycles. The van der Waals surface area contributed by atoms with E-state index in [0.717, 1.165) is 96.3 Å². The molecule has 0 bridgehead atoms. The van der Waals surface area contributed by atoms with E-state index in [1.807, 2.05) is 0 Å². The summed E-state index contributed by atoms with van der Waals surface area (Å²) in [6.45, 7) is 5.89. The lowest BCUT2D eigenvalue weighted by molar-refractivity contribution is -0.301. The SMILES string of the molecule is CCC/C=C\C/C=C\CCCCCCCC(=O)OC(COC(=O)CCCCCCCCCCC/C=C\CCCCCCCC)COC1OC(C(=O)O)C(O)C(O)C1OC(=O)CCCCCCCCCCC. The summed E-state index contributed by atoms with van der Waals surface area (Å²) in [5, 5.41) is 31.3. The Kier molecular flexibility index (Phi) is 44.5. The highest BCUT2D eigenvalue weighted by Crippen LogP contribution is 2.26. The fourth-order valence-electron chi connectivity index (χ4n) is 8.69. The van der Waals surface area contributed by atoms with Crippen molar-refractivity contribution in [2.24, 2.45) is 0 Å². The van der Waals surface area contributed by atoms with Crippen molar-refractivity contribution in [3.63, 3.8) is 0 Å². The van der Waals surface area contributed by atoms with Gasteiger partial charge in [0.25, 0.3) is 0 Å². The molecular weight excluding hydrogens is 901 g/mol. The Balaban J connectivity index is 2.65. The van der Waals surface area contributed by atoms with Crippen LogP contribution in [-0.2, 0) is 42.9 Å². The Morgan fingerprint density at radius 1 is 0.465 bits per heavy atom. The van der Waals surface area contributed by atoms with Crippen LogP contribution in [0.3, 0.4) is 0 Å². The zero-order chi connectivity index (χ0) is 51.8. The monoisotopic (exact) mass is 1000 g/mol. The van der Waals surface area contributed by atoms with E-state index in [1.54, 1.807) is 0 Å². The van der Waals surface area contributed by atoms with Gasteiger partial charge in [-0.3, -0.25) is 14.4 Å². The molecule has 71 heavy (non-hydrogen) atoms. The number of allylic oxidation sites excluding steroid dienone is 6. The zero-order valence-electron chi connectivity index (χ0n) is 45.2. The predicted molar refractivity (Wildman–Crippen MR) is 285 cm³/mol. The molecule has 1 fully saturated rings. The average Bonchev–Trinajstić information content (AvgIpc) is 3.35. The van der Waals surface area contributed by atoms with Crippen LogP contribution in [0.25, 0.3) is 0 Å².